The van der Waals surface area contributed by atoms with Gasteiger partial charge in [-0.3, -0.25) is 14.9 Å². The zero-order valence-corrected chi connectivity index (χ0v) is 18.7. The van der Waals surface area contributed by atoms with E-state index in [0.717, 1.165) is 15.6 Å². The first-order valence-corrected chi connectivity index (χ1v) is 11.5. The predicted octanol–water partition coefficient (Wildman–Crippen LogP) is 5.11. The number of amides is 1. The van der Waals surface area contributed by atoms with Crippen molar-refractivity contribution in [3.63, 3.8) is 0 Å². The van der Waals surface area contributed by atoms with E-state index in [1.165, 1.54) is 29.2 Å². The molecule has 1 saturated heterocycles. The van der Waals surface area contributed by atoms with Crippen LogP contribution in [-0.2, 0) is 4.74 Å². The Morgan fingerprint density at radius 2 is 2.03 bits per heavy atom. The third kappa shape index (κ3) is 4.95. The molecule has 2 atom stereocenters. The molecule has 0 aliphatic carbocycles. The number of carbonyl (C=O) groups excluding carboxylic acids is 1. The second-order valence-corrected chi connectivity index (χ2v) is 9.50. The Labute approximate surface area is 188 Å². The van der Waals surface area contributed by atoms with E-state index < -0.39 is 4.92 Å². The van der Waals surface area contributed by atoms with Crippen LogP contribution in [0.5, 0.6) is 0 Å². The number of carbonyl (C=O) groups is 1. The van der Waals surface area contributed by atoms with Crippen LogP contribution in [0.15, 0.2) is 63.1 Å². The highest BCUT2D eigenvalue weighted by Crippen LogP contribution is 2.37. The molecule has 9 heteroatoms. The summed E-state index contributed by atoms with van der Waals surface area (Å²) in [6.45, 7) is 4.64. The molecule has 1 aliphatic heterocycles. The van der Waals surface area contributed by atoms with E-state index in [2.05, 4.69) is 4.98 Å². The maximum absolute atomic E-state index is 13.2. The van der Waals surface area contributed by atoms with E-state index in [1.54, 1.807) is 17.0 Å². The van der Waals surface area contributed by atoms with Gasteiger partial charge < -0.3 is 9.64 Å². The summed E-state index contributed by atoms with van der Waals surface area (Å²) in [7, 11) is 0. The fourth-order valence-corrected chi connectivity index (χ4v) is 5.38. The SMILES string of the molecule is Cc1csc(Sc2ccc(C(=O)N3CC(C)OC(c4ccccc4)C3)cc2[N+](=O)[O-])n1. The second-order valence-electron chi connectivity index (χ2n) is 7.35. The van der Waals surface area contributed by atoms with E-state index in [-0.39, 0.29) is 23.8 Å². The Hall–Kier alpha value is -2.75. The van der Waals surface area contributed by atoms with Crippen molar-refractivity contribution in [2.24, 2.45) is 0 Å². The molecule has 1 aliphatic rings. The molecule has 2 aromatic carbocycles. The van der Waals surface area contributed by atoms with Gasteiger partial charge in [0.15, 0.2) is 4.34 Å². The molecule has 1 aromatic heterocycles. The topological polar surface area (TPSA) is 85.6 Å². The van der Waals surface area contributed by atoms with Crippen LogP contribution in [0.3, 0.4) is 0 Å². The van der Waals surface area contributed by atoms with Gasteiger partial charge in [-0.2, -0.15) is 0 Å². The zero-order chi connectivity index (χ0) is 22.0. The first kappa shape index (κ1) is 21.5. The van der Waals surface area contributed by atoms with Crippen LogP contribution >= 0.6 is 23.1 Å². The normalized spacial score (nSPS) is 18.7. The Morgan fingerprint density at radius 3 is 2.71 bits per heavy atom. The molecule has 1 amide bonds. The molecule has 0 spiro atoms. The van der Waals surface area contributed by atoms with Crippen molar-refractivity contribution in [3.8, 4) is 0 Å². The quantitative estimate of drug-likeness (QED) is 0.392. The smallest absolute Gasteiger partial charge is 0.284 e. The highest BCUT2D eigenvalue weighted by Gasteiger charge is 2.31. The number of hydrogen-bond acceptors (Lipinski definition) is 7. The molecule has 0 bridgehead atoms. The van der Waals surface area contributed by atoms with Crippen LogP contribution in [0.25, 0.3) is 0 Å². The predicted molar refractivity (Wildman–Crippen MR) is 120 cm³/mol. The molecular formula is C22H21N3O4S2. The first-order chi connectivity index (χ1) is 14.9. The molecule has 1 fully saturated rings. The van der Waals surface area contributed by atoms with Gasteiger partial charge >= 0.3 is 0 Å². The Bertz CT molecular complexity index is 1100. The third-order valence-electron chi connectivity index (χ3n) is 4.92. The van der Waals surface area contributed by atoms with Crippen LogP contribution < -0.4 is 0 Å². The number of hydrogen-bond donors (Lipinski definition) is 0. The van der Waals surface area contributed by atoms with E-state index >= 15 is 0 Å². The summed E-state index contributed by atoms with van der Waals surface area (Å²) in [5, 5.41) is 13.6. The highest BCUT2D eigenvalue weighted by atomic mass is 32.2. The van der Waals surface area contributed by atoms with Gasteiger partial charge in [0.05, 0.1) is 22.5 Å². The van der Waals surface area contributed by atoms with Crippen LogP contribution in [0.4, 0.5) is 5.69 Å². The van der Waals surface area contributed by atoms with Gasteiger partial charge in [0.25, 0.3) is 11.6 Å². The van der Waals surface area contributed by atoms with Crippen molar-refractivity contribution in [1.29, 1.82) is 0 Å². The average Bonchev–Trinajstić information content (AvgIpc) is 3.18. The van der Waals surface area contributed by atoms with Gasteiger partial charge in [0, 0.05) is 29.2 Å². The first-order valence-electron chi connectivity index (χ1n) is 9.79. The lowest BCUT2D eigenvalue weighted by Gasteiger charge is -2.37. The van der Waals surface area contributed by atoms with Crippen molar-refractivity contribution in [2.75, 3.05) is 13.1 Å². The summed E-state index contributed by atoms with van der Waals surface area (Å²) < 4.78 is 6.76. The third-order valence-corrected chi connectivity index (χ3v) is 7.04. The lowest BCUT2D eigenvalue weighted by molar-refractivity contribution is -0.387. The van der Waals surface area contributed by atoms with Gasteiger partial charge in [0.1, 0.15) is 6.10 Å². The van der Waals surface area contributed by atoms with Gasteiger partial charge in [-0.05, 0) is 31.5 Å². The summed E-state index contributed by atoms with van der Waals surface area (Å²) in [4.78, 5) is 31.0. The number of nitro groups is 1. The average molecular weight is 456 g/mol. The van der Waals surface area contributed by atoms with Crippen molar-refractivity contribution in [2.45, 2.75) is 35.3 Å². The number of aryl methyl sites for hydroxylation is 1. The molecular weight excluding hydrogens is 434 g/mol. The summed E-state index contributed by atoms with van der Waals surface area (Å²) in [6, 6.07) is 14.4. The molecule has 0 saturated carbocycles. The molecule has 4 rings (SSSR count). The van der Waals surface area contributed by atoms with Gasteiger partial charge in [0.2, 0.25) is 0 Å². The number of aromatic nitrogens is 1. The summed E-state index contributed by atoms with van der Waals surface area (Å²) in [5.41, 5.74) is 2.08. The van der Waals surface area contributed by atoms with Gasteiger partial charge in [-0.15, -0.1) is 11.3 Å². The largest absolute Gasteiger partial charge is 0.367 e. The van der Waals surface area contributed by atoms with E-state index in [0.29, 0.717) is 23.5 Å². The van der Waals surface area contributed by atoms with E-state index in [4.69, 9.17) is 4.74 Å². The van der Waals surface area contributed by atoms with Crippen molar-refractivity contribution >= 4 is 34.7 Å². The number of ether oxygens (including phenoxy) is 1. The summed E-state index contributed by atoms with van der Waals surface area (Å²) in [6.07, 6.45) is -0.368. The molecule has 2 unspecified atom stereocenters. The Balaban J connectivity index is 1.57. The molecule has 3 aromatic rings. The monoisotopic (exact) mass is 455 g/mol. The minimum Gasteiger partial charge on any atom is -0.367 e. The minimum absolute atomic E-state index is 0.0929. The summed E-state index contributed by atoms with van der Waals surface area (Å²) in [5.74, 6) is -0.235. The van der Waals surface area contributed by atoms with Crippen molar-refractivity contribution < 1.29 is 14.5 Å². The highest BCUT2D eigenvalue weighted by molar-refractivity contribution is 8.01. The lowest BCUT2D eigenvalue weighted by Crippen LogP contribution is -2.46. The number of morpholine rings is 1. The fraction of sp³-hybridized carbons (Fsp3) is 0.273. The standard InChI is InChI=1S/C22H21N3O4S2/c1-14-13-30-22(23-14)31-20-9-8-17(10-18(20)25(27)28)21(26)24-11-15(2)29-19(12-24)16-6-4-3-5-7-16/h3-10,13,15,19H,11-12H2,1-2H3. The van der Waals surface area contributed by atoms with Crippen LogP contribution in [0.1, 0.15) is 34.6 Å². The lowest BCUT2D eigenvalue weighted by atomic mass is 10.1. The minimum atomic E-state index is -0.450. The fourth-order valence-electron chi connectivity index (χ4n) is 3.50. The number of benzene rings is 2. The molecule has 0 radical (unpaired) electrons. The molecule has 31 heavy (non-hydrogen) atoms. The van der Waals surface area contributed by atoms with Crippen LogP contribution in [0.2, 0.25) is 0 Å². The second kappa shape index (κ2) is 9.17. The Morgan fingerprint density at radius 1 is 1.26 bits per heavy atom. The number of rotatable bonds is 5. The molecule has 7 nitrogen and oxygen atoms in total. The van der Waals surface area contributed by atoms with Crippen molar-refractivity contribution in [1.82, 2.24) is 9.88 Å². The van der Waals surface area contributed by atoms with Crippen LogP contribution in [0, 0.1) is 17.0 Å². The Kier molecular flexibility index (Phi) is 6.35. The van der Waals surface area contributed by atoms with Gasteiger partial charge in [-0.1, -0.05) is 42.1 Å². The van der Waals surface area contributed by atoms with Gasteiger partial charge in [-0.25, -0.2) is 4.98 Å². The maximum Gasteiger partial charge on any atom is 0.284 e. The van der Waals surface area contributed by atoms with Crippen molar-refractivity contribution in [3.05, 3.63) is 80.8 Å². The number of thiazole rings is 1. The van der Waals surface area contributed by atoms with E-state index in [9.17, 15) is 14.9 Å². The molecule has 0 N–H and O–H groups in total. The molecule has 2 heterocycles. The zero-order valence-electron chi connectivity index (χ0n) is 17.1. The maximum atomic E-state index is 13.2. The molecule has 160 valence electrons. The van der Waals surface area contributed by atoms with Crippen LogP contribution in [-0.4, -0.2) is 39.9 Å². The van der Waals surface area contributed by atoms with E-state index in [1.807, 2.05) is 49.6 Å². The number of nitrogens with zero attached hydrogens (tertiary/aromatic N) is 3. The summed E-state index contributed by atoms with van der Waals surface area (Å²) >= 11 is 2.67. The number of nitro benzene ring substituents is 1.